The molecule has 4 heterocycles. The Balaban J connectivity index is 1.40. The number of likely N-dealkylation sites (N-methyl/N-ethyl adjacent to an activating group) is 1. The van der Waals surface area contributed by atoms with Crippen molar-refractivity contribution in [3.05, 3.63) is 59.3 Å². The Labute approximate surface area is 229 Å². The number of rotatable bonds is 7. The van der Waals surface area contributed by atoms with Crippen LogP contribution in [0.3, 0.4) is 0 Å². The first-order chi connectivity index (χ1) is 18.7. The predicted octanol–water partition coefficient (Wildman–Crippen LogP) is 3.72. The van der Waals surface area contributed by atoms with Gasteiger partial charge in [0.2, 0.25) is 0 Å². The molecule has 1 unspecified atom stereocenters. The van der Waals surface area contributed by atoms with Crippen LogP contribution in [0.5, 0.6) is 0 Å². The number of aromatic nitrogens is 3. The molecule has 1 fully saturated rings. The van der Waals surface area contributed by atoms with Crippen LogP contribution in [0.1, 0.15) is 49.7 Å². The number of piperazine rings is 1. The van der Waals surface area contributed by atoms with Gasteiger partial charge in [0, 0.05) is 56.6 Å². The molecule has 204 valence electrons. The van der Waals surface area contributed by atoms with Crippen molar-refractivity contribution in [1.82, 2.24) is 29.9 Å². The molecule has 0 radical (unpaired) electrons. The fourth-order valence-electron chi connectivity index (χ4n) is 5.22. The Morgan fingerprint density at radius 3 is 2.49 bits per heavy atom. The van der Waals surface area contributed by atoms with Gasteiger partial charge >= 0.3 is 0 Å². The van der Waals surface area contributed by atoms with Crippen LogP contribution in [0.25, 0.3) is 22.3 Å². The van der Waals surface area contributed by atoms with Gasteiger partial charge in [-0.05, 0) is 52.4 Å². The molecule has 2 amide bonds. The van der Waals surface area contributed by atoms with E-state index in [9.17, 15) is 9.59 Å². The maximum absolute atomic E-state index is 13.5. The molecule has 2 aliphatic heterocycles. The molecule has 3 aromatic rings. The molecular formula is C30H37N7O2. The van der Waals surface area contributed by atoms with E-state index in [-0.39, 0.29) is 24.4 Å². The van der Waals surface area contributed by atoms with Gasteiger partial charge in [-0.25, -0.2) is 14.7 Å². The first kappa shape index (κ1) is 26.9. The molecule has 1 aromatic carbocycles. The summed E-state index contributed by atoms with van der Waals surface area (Å²) in [6, 6.07) is 10.4. The number of benzene rings is 1. The Morgan fingerprint density at radius 1 is 1.10 bits per heavy atom. The second-order valence-corrected chi connectivity index (χ2v) is 11.0. The monoisotopic (exact) mass is 527 g/mol. The molecule has 39 heavy (non-hydrogen) atoms. The molecule has 9 heteroatoms. The maximum Gasteiger partial charge on any atom is 0.254 e. The number of hydrogen-bond donors (Lipinski definition) is 1. The van der Waals surface area contributed by atoms with Gasteiger partial charge in [-0.15, -0.1) is 0 Å². The minimum atomic E-state index is -0.458. The van der Waals surface area contributed by atoms with Crippen molar-refractivity contribution in [2.75, 3.05) is 39.8 Å². The van der Waals surface area contributed by atoms with Crippen molar-refractivity contribution in [2.45, 2.75) is 40.3 Å². The highest BCUT2D eigenvalue weighted by Gasteiger charge is 2.25. The van der Waals surface area contributed by atoms with Crippen molar-refractivity contribution in [3.63, 3.8) is 0 Å². The number of nitrogens with one attached hydrogen (secondary N) is 1. The molecule has 1 saturated heterocycles. The summed E-state index contributed by atoms with van der Waals surface area (Å²) < 4.78 is 1.84. The normalized spacial score (nSPS) is 18.9. The molecule has 0 aliphatic carbocycles. The number of fused-ring (bicyclic) bond motifs is 1. The largest absolute Gasteiger partial charge is 0.351 e. The Hall–Kier alpha value is -3.69. The topological polar surface area (TPSA) is 95.7 Å². The number of dihydropyridines is 1. The van der Waals surface area contributed by atoms with Gasteiger partial charge in [0.25, 0.3) is 11.8 Å². The molecule has 0 bridgehead atoms. The van der Waals surface area contributed by atoms with Crippen LogP contribution in [-0.4, -0.2) is 81.9 Å². The molecule has 9 nitrogen and oxygen atoms in total. The molecule has 2 aliphatic rings. The van der Waals surface area contributed by atoms with Crippen molar-refractivity contribution >= 4 is 28.6 Å². The number of pyridine rings is 1. The Bertz CT molecular complexity index is 1440. The molecule has 1 atom stereocenters. The van der Waals surface area contributed by atoms with E-state index in [4.69, 9.17) is 4.98 Å². The van der Waals surface area contributed by atoms with E-state index >= 15 is 0 Å². The molecule has 2 aromatic heterocycles. The zero-order valence-electron chi connectivity index (χ0n) is 23.4. The van der Waals surface area contributed by atoms with Crippen molar-refractivity contribution in [2.24, 2.45) is 10.9 Å². The summed E-state index contributed by atoms with van der Waals surface area (Å²) in [5.41, 5.74) is 5.66. The number of carbonyl (C=O) groups excluding carboxylic acids is 2. The van der Waals surface area contributed by atoms with E-state index in [2.05, 4.69) is 56.5 Å². The van der Waals surface area contributed by atoms with Gasteiger partial charge in [0.1, 0.15) is 0 Å². The Morgan fingerprint density at radius 2 is 1.82 bits per heavy atom. The van der Waals surface area contributed by atoms with Crippen LogP contribution in [0.15, 0.2) is 53.2 Å². The first-order valence-corrected chi connectivity index (χ1v) is 13.6. The van der Waals surface area contributed by atoms with E-state index < -0.39 is 5.92 Å². The standard InChI is InChI=1S/C30H37N7O2/c1-19(2)37-28-26(17-32-37)24(29(38)31-16-25-20(3)14-21(4)33-30(25)39)15-27(34-28)23-8-6-22(7-9-23)18-36-12-10-35(5)11-13-36/h6-9,14-15,17,19,25H,10-13,16,18H2,1-5H3,(H,31,38). The highest BCUT2D eigenvalue weighted by atomic mass is 16.2. The second kappa shape index (κ2) is 11.2. The average Bonchev–Trinajstić information content (AvgIpc) is 3.33. The molecule has 0 saturated carbocycles. The summed E-state index contributed by atoms with van der Waals surface area (Å²) in [6.45, 7) is 13.2. The van der Waals surface area contributed by atoms with E-state index in [1.807, 2.05) is 37.6 Å². The van der Waals surface area contributed by atoms with Gasteiger partial charge in [-0.1, -0.05) is 29.8 Å². The first-order valence-electron chi connectivity index (χ1n) is 13.6. The molecular weight excluding hydrogens is 490 g/mol. The van der Waals surface area contributed by atoms with Crippen LogP contribution >= 0.6 is 0 Å². The van der Waals surface area contributed by atoms with E-state index in [1.165, 1.54) is 5.56 Å². The molecule has 1 N–H and O–H groups in total. The number of amides is 2. The van der Waals surface area contributed by atoms with E-state index in [0.29, 0.717) is 28.0 Å². The lowest BCUT2D eigenvalue weighted by Gasteiger charge is -2.32. The lowest BCUT2D eigenvalue weighted by atomic mass is 9.95. The van der Waals surface area contributed by atoms with Gasteiger partial charge in [-0.3, -0.25) is 14.5 Å². The number of nitrogens with zero attached hydrogens (tertiary/aromatic N) is 6. The van der Waals surface area contributed by atoms with Gasteiger partial charge < -0.3 is 10.2 Å². The summed E-state index contributed by atoms with van der Waals surface area (Å²) >= 11 is 0. The molecule has 0 spiro atoms. The SMILES string of the molecule is CC1=CC(C)=NC(=O)C1CNC(=O)c1cc(-c2ccc(CN3CCN(C)CC3)cc2)nc2c1cnn2C(C)C. The van der Waals surface area contributed by atoms with Crippen LogP contribution in [0.4, 0.5) is 0 Å². The smallest absolute Gasteiger partial charge is 0.254 e. The number of carbonyl (C=O) groups is 2. The summed E-state index contributed by atoms with van der Waals surface area (Å²) in [5, 5.41) is 8.18. The molecule has 5 rings (SSSR count). The van der Waals surface area contributed by atoms with Crippen molar-refractivity contribution in [3.8, 4) is 11.3 Å². The number of hydrogen-bond acceptors (Lipinski definition) is 6. The Kier molecular flexibility index (Phi) is 7.72. The lowest BCUT2D eigenvalue weighted by molar-refractivity contribution is -0.120. The number of aliphatic imine (C=N–C) groups is 1. The van der Waals surface area contributed by atoms with Gasteiger partial charge in [0.05, 0.1) is 28.8 Å². The minimum absolute atomic E-state index is 0.0841. The average molecular weight is 528 g/mol. The quantitative estimate of drug-likeness (QED) is 0.503. The van der Waals surface area contributed by atoms with Gasteiger partial charge in [-0.2, -0.15) is 5.10 Å². The summed E-state index contributed by atoms with van der Waals surface area (Å²) in [6.07, 6.45) is 3.59. The third-order valence-electron chi connectivity index (χ3n) is 7.59. The predicted molar refractivity (Wildman–Crippen MR) is 154 cm³/mol. The summed E-state index contributed by atoms with van der Waals surface area (Å²) in [5.74, 6) is -0.941. The highest BCUT2D eigenvalue weighted by molar-refractivity contribution is 6.08. The van der Waals surface area contributed by atoms with Crippen LogP contribution in [0, 0.1) is 5.92 Å². The zero-order chi connectivity index (χ0) is 27.7. The van der Waals surface area contributed by atoms with Crippen LogP contribution < -0.4 is 5.32 Å². The van der Waals surface area contributed by atoms with E-state index in [0.717, 1.165) is 43.9 Å². The fourth-order valence-corrected chi connectivity index (χ4v) is 5.22. The van der Waals surface area contributed by atoms with Crippen LogP contribution in [-0.2, 0) is 11.3 Å². The van der Waals surface area contributed by atoms with Gasteiger partial charge in [0.15, 0.2) is 5.65 Å². The fraction of sp³-hybridized carbons (Fsp3) is 0.433. The minimum Gasteiger partial charge on any atom is -0.351 e. The maximum atomic E-state index is 13.5. The number of allylic oxidation sites excluding steroid dienone is 1. The highest BCUT2D eigenvalue weighted by Crippen LogP contribution is 2.27. The second-order valence-electron chi connectivity index (χ2n) is 11.0. The summed E-state index contributed by atoms with van der Waals surface area (Å²) in [7, 11) is 2.17. The lowest BCUT2D eigenvalue weighted by Crippen LogP contribution is -2.43. The van der Waals surface area contributed by atoms with Crippen molar-refractivity contribution in [1.29, 1.82) is 0 Å². The van der Waals surface area contributed by atoms with Crippen molar-refractivity contribution < 1.29 is 9.59 Å². The summed E-state index contributed by atoms with van der Waals surface area (Å²) in [4.78, 5) is 39.8. The zero-order valence-corrected chi connectivity index (χ0v) is 23.4. The van der Waals surface area contributed by atoms with E-state index in [1.54, 1.807) is 13.1 Å². The van der Waals surface area contributed by atoms with Crippen LogP contribution in [0.2, 0.25) is 0 Å². The third kappa shape index (κ3) is 5.84. The third-order valence-corrected chi connectivity index (χ3v) is 7.59.